The monoisotopic (exact) mass is 271 g/mol. The summed E-state index contributed by atoms with van der Waals surface area (Å²) in [6.45, 7) is -0.808. The van der Waals surface area contributed by atoms with Gasteiger partial charge in [0.2, 0.25) is 0 Å². The molecule has 0 aliphatic rings. The van der Waals surface area contributed by atoms with Gasteiger partial charge in [-0.05, 0) is 0 Å². The lowest BCUT2D eigenvalue weighted by molar-refractivity contribution is 0.153. The predicted octanol–water partition coefficient (Wildman–Crippen LogP) is 1.85. The standard InChI is InChI=1S/C8H9Cl2F2N3O/c9-6-3-5(8(10)14-13-6)15(1-2-16)4-7(11)12/h3,7,16H,1-2,4H2. The van der Waals surface area contributed by atoms with Crippen LogP contribution in [0.25, 0.3) is 0 Å². The molecule has 16 heavy (non-hydrogen) atoms. The lowest BCUT2D eigenvalue weighted by Crippen LogP contribution is -2.32. The Morgan fingerprint density at radius 3 is 2.62 bits per heavy atom. The fraction of sp³-hybridized carbons (Fsp3) is 0.500. The van der Waals surface area contributed by atoms with E-state index in [-0.39, 0.29) is 29.1 Å². The van der Waals surface area contributed by atoms with E-state index >= 15 is 0 Å². The number of rotatable bonds is 5. The van der Waals surface area contributed by atoms with Gasteiger partial charge < -0.3 is 10.0 Å². The molecule has 0 spiro atoms. The highest BCUT2D eigenvalue weighted by Crippen LogP contribution is 2.25. The van der Waals surface area contributed by atoms with E-state index in [1.165, 1.54) is 11.0 Å². The minimum atomic E-state index is -2.55. The van der Waals surface area contributed by atoms with Gasteiger partial charge >= 0.3 is 0 Å². The van der Waals surface area contributed by atoms with E-state index in [0.29, 0.717) is 0 Å². The van der Waals surface area contributed by atoms with Gasteiger partial charge in [0.1, 0.15) is 0 Å². The molecule has 0 radical (unpaired) electrons. The van der Waals surface area contributed by atoms with Crippen LogP contribution in [0.4, 0.5) is 14.5 Å². The SMILES string of the molecule is OCCN(CC(F)F)c1cc(Cl)nnc1Cl. The van der Waals surface area contributed by atoms with Crippen LogP contribution in [0.5, 0.6) is 0 Å². The van der Waals surface area contributed by atoms with E-state index in [1.807, 2.05) is 0 Å². The fourth-order valence-corrected chi connectivity index (χ4v) is 1.52. The Labute approximate surface area is 101 Å². The molecule has 0 atom stereocenters. The maximum absolute atomic E-state index is 12.3. The van der Waals surface area contributed by atoms with Crippen LogP contribution in [0.15, 0.2) is 6.07 Å². The van der Waals surface area contributed by atoms with Crippen molar-refractivity contribution < 1.29 is 13.9 Å². The molecule has 0 aromatic carbocycles. The van der Waals surface area contributed by atoms with Crippen molar-refractivity contribution in [2.24, 2.45) is 0 Å². The largest absolute Gasteiger partial charge is 0.395 e. The molecule has 1 aromatic heterocycles. The predicted molar refractivity (Wildman–Crippen MR) is 57.4 cm³/mol. The summed E-state index contributed by atoms with van der Waals surface area (Å²) in [6, 6.07) is 1.33. The van der Waals surface area contributed by atoms with Gasteiger partial charge in [-0.25, -0.2) is 8.78 Å². The highest BCUT2D eigenvalue weighted by molar-refractivity contribution is 6.33. The second-order valence-corrected chi connectivity index (χ2v) is 3.65. The molecular formula is C8H9Cl2F2N3O. The Kier molecular flexibility index (Phi) is 5.11. The molecule has 0 bridgehead atoms. The average molecular weight is 272 g/mol. The van der Waals surface area contributed by atoms with Gasteiger partial charge in [-0.1, -0.05) is 23.2 Å². The number of alkyl halides is 2. The molecular weight excluding hydrogens is 263 g/mol. The number of aliphatic hydroxyl groups excluding tert-OH is 1. The normalized spacial score (nSPS) is 10.9. The Morgan fingerprint density at radius 2 is 2.06 bits per heavy atom. The second-order valence-electron chi connectivity index (χ2n) is 2.90. The van der Waals surface area contributed by atoms with Crippen molar-refractivity contribution in [2.45, 2.75) is 6.43 Å². The van der Waals surface area contributed by atoms with Crippen molar-refractivity contribution in [3.05, 3.63) is 16.4 Å². The highest BCUT2D eigenvalue weighted by Gasteiger charge is 2.16. The molecule has 0 aliphatic heterocycles. The molecule has 1 rings (SSSR count). The Hall–Kier alpha value is -0.720. The van der Waals surface area contributed by atoms with E-state index in [1.54, 1.807) is 0 Å². The minimum absolute atomic E-state index is 0.0199. The van der Waals surface area contributed by atoms with Crippen molar-refractivity contribution in [3.63, 3.8) is 0 Å². The Balaban J connectivity index is 2.94. The Morgan fingerprint density at radius 1 is 1.38 bits per heavy atom. The minimum Gasteiger partial charge on any atom is -0.395 e. The highest BCUT2D eigenvalue weighted by atomic mass is 35.5. The van der Waals surface area contributed by atoms with Gasteiger partial charge in [0.15, 0.2) is 10.3 Å². The molecule has 1 N–H and O–H groups in total. The molecule has 0 unspecified atom stereocenters. The molecule has 1 heterocycles. The Bertz CT molecular complexity index is 354. The van der Waals surface area contributed by atoms with Crippen LogP contribution >= 0.6 is 23.2 Å². The molecule has 90 valence electrons. The zero-order chi connectivity index (χ0) is 12.1. The van der Waals surface area contributed by atoms with Gasteiger partial charge in [0, 0.05) is 12.6 Å². The fourth-order valence-electron chi connectivity index (χ4n) is 1.16. The lowest BCUT2D eigenvalue weighted by atomic mass is 10.3. The summed E-state index contributed by atoms with van der Waals surface area (Å²) in [5.41, 5.74) is 0.232. The first-order valence-corrected chi connectivity index (χ1v) is 5.13. The number of halogens is 4. The molecule has 0 fully saturated rings. The third kappa shape index (κ3) is 3.70. The number of aliphatic hydroxyl groups is 1. The topological polar surface area (TPSA) is 49.2 Å². The first-order valence-electron chi connectivity index (χ1n) is 4.37. The van der Waals surface area contributed by atoms with Crippen molar-refractivity contribution in [1.82, 2.24) is 10.2 Å². The number of anilines is 1. The van der Waals surface area contributed by atoms with Crippen LogP contribution in [0.3, 0.4) is 0 Å². The van der Waals surface area contributed by atoms with Gasteiger partial charge in [0.25, 0.3) is 6.43 Å². The van der Waals surface area contributed by atoms with Gasteiger partial charge in [-0.15, -0.1) is 10.2 Å². The first-order chi connectivity index (χ1) is 7.54. The molecule has 0 saturated carbocycles. The second kappa shape index (κ2) is 6.12. The van der Waals surface area contributed by atoms with Gasteiger partial charge in [0.05, 0.1) is 18.8 Å². The third-order valence-electron chi connectivity index (χ3n) is 1.77. The zero-order valence-corrected chi connectivity index (χ0v) is 9.59. The van der Waals surface area contributed by atoms with Crippen molar-refractivity contribution in [1.29, 1.82) is 0 Å². The van der Waals surface area contributed by atoms with Crippen LogP contribution in [0.2, 0.25) is 10.3 Å². The zero-order valence-electron chi connectivity index (χ0n) is 8.08. The van der Waals surface area contributed by atoms with Crippen LogP contribution in [-0.4, -0.2) is 41.4 Å². The third-order valence-corrected chi connectivity index (χ3v) is 2.22. The first kappa shape index (κ1) is 13.3. The quantitative estimate of drug-likeness (QED) is 0.888. The van der Waals surface area contributed by atoms with Gasteiger partial charge in [-0.3, -0.25) is 0 Å². The van der Waals surface area contributed by atoms with Crippen molar-refractivity contribution in [2.75, 3.05) is 24.6 Å². The molecule has 0 aliphatic carbocycles. The summed E-state index contributed by atoms with van der Waals surface area (Å²) in [7, 11) is 0. The summed E-state index contributed by atoms with van der Waals surface area (Å²) in [6.07, 6.45) is -2.55. The molecule has 4 nitrogen and oxygen atoms in total. The summed E-state index contributed by atoms with van der Waals surface area (Å²) in [4.78, 5) is 1.20. The summed E-state index contributed by atoms with van der Waals surface area (Å²) in [5, 5.41) is 15.8. The summed E-state index contributed by atoms with van der Waals surface area (Å²) >= 11 is 11.3. The molecule has 1 aromatic rings. The number of nitrogens with zero attached hydrogens (tertiary/aromatic N) is 3. The van der Waals surface area contributed by atoms with E-state index in [0.717, 1.165) is 0 Å². The maximum atomic E-state index is 12.3. The smallest absolute Gasteiger partial charge is 0.255 e. The number of aromatic nitrogens is 2. The summed E-state index contributed by atoms with van der Waals surface area (Å²) in [5.74, 6) is 0. The summed E-state index contributed by atoms with van der Waals surface area (Å²) < 4.78 is 24.6. The van der Waals surface area contributed by atoms with E-state index in [2.05, 4.69) is 10.2 Å². The van der Waals surface area contributed by atoms with Crippen LogP contribution in [0.1, 0.15) is 0 Å². The van der Waals surface area contributed by atoms with E-state index in [4.69, 9.17) is 28.3 Å². The number of hydrogen-bond donors (Lipinski definition) is 1. The average Bonchev–Trinajstić information content (AvgIpc) is 2.20. The van der Waals surface area contributed by atoms with Crippen LogP contribution in [0, 0.1) is 0 Å². The molecule has 8 heteroatoms. The van der Waals surface area contributed by atoms with Crippen molar-refractivity contribution in [3.8, 4) is 0 Å². The maximum Gasteiger partial charge on any atom is 0.255 e. The van der Waals surface area contributed by atoms with E-state index in [9.17, 15) is 8.78 Å². The number of hydrogen-bond acceptors (Lipinski definition) is 4. The lowest BCUT2D eigenvalue weighted by Gasteiger charge is -2.23. The van der Waals surface area contributed by atoms with E-state index < -0.39 is 13.0 Å². The molecule has 0 amide bonds. The molecule has 0 saturated heterocycles. The van der Waals surface area contributed by atoms with Crippen molar-refractivity contribution >= 4 is 28.9 Å². The van der Waals surface area contributed by atoms with Gasteiger partial charge in [-0.2, -0.15) is 0 Å². The van der Waals surface area contributed by atoms with Crippen LogP contribution in [-0.2, 0) is 0 Å². The van der Waals surface area contributed by atoms with Crippen LogP contribution < -0.4 is 4.90 Å².